The first-order valence-corrected chi connectivity index (χ1v) is 12.0. The van der Waals surface area contributed by atoms with Gasteiger partial charge in [0.05, 0.1) is 12.0 Å². The lowest BCUT2D eigenvalue weighted by atomic mass is 9.73. The normalized spacial score (nSPS) is 22.3. The Kier molecular flexibility index (Phi) is 6.43. The summed E-state index contributed by atoms with van der Waals surface area (Å²) < 4.78 is 10.3. The highest BCUT2D eigenvalue weighted by Gasteiger charge is 2.55. The average molecular weight is 490 g/mol. The van der Waals surface area contributed by atoms with Crippen molar-refractivity contribution in [2.24, 2.45) is 5.92 Å². The number of hydrogen-bond donors (Lipinski definition) is 2. The molecule has 3 N–H and O–H groups in total. The van der Waals surface area contributed by atoms with Crippen LogP contribution in [0.25, 0.3) is 10.2 Å². The van der Waals surface area contributed by atoms with E-state index in [4.69, 9.17) is 15.2 Å². The fourth-order valence-electron chi connectivity index (χ4n) is 4.63. The molecule has 0 aromatic carbocycles. The second-order valence-electron chi connectivity index (χ2n) is 8.58. The maximum atomic E-state index is 13.0. The summed E-state index contributed by atoms with van der Waals surface area (Å²) in [6, 6.07) is -0.585. The van der Waals surface area contributed by atoms with Crippen molar-refractivity contribution in [2.75, 3.05) is 18.9 Å². The van der Waals surface area contributed by atoms with Crippen LogP contribution in [0.15, 0.2) is 0 Å². The van der Waals surface area contributed by atoms with E-state index >= 15 is 0 Å². The van der Waals surface area contributed by atoms with Gasteiger partial charge in [0.25, 0.3) is 5.91 Å². The van der Waals surface area contributed by atoms with Crippen molar-refractivity contribution in [3.05, 3.63) is 16.3 Å². The first-order valence-electron chi connectivity index (χ1n) is 11.2. The Balaban J connectivity index is 1.44. The van der Waals surface area contributed by atoms with Crippen LogP contribution in [0.5, 0.6) is 0 Å². The molecule has 2 aliphatic rings. The van der Waals surface area contributed by atoms with E-state index in [1.165, 1.54) is 0 Å². The van der Waals surface area contributed by atoms with Gasteiger partial charge in [-0.1, -0.05) is 19.8 Å². The molecule has 1 aliphatic heterocycles. The maximum absolute atomic E-state index is 13.0. The molecule has 12 heteroatoms. The lowest BCUT2D eigenvalue weighted by Gasteiger charge is -2.36. The Morgan fingerprint density at radius 1 is 1.26 bits per heavy atom. The molecule has 34 heavy (non-hydrogen) atoms. The van der Waals surface area contributed by atoms with Crippen molar-refractivity contribution in [3.8, 4) is 0 Å². The van der Waals surface area contributed by atoms with Gasteiger partial charge in [-0.05, 0) is 38.2 Å². The molecule has 11 nitrogen and oxygen atoms in total. The third-order valence-electron chi connectivity index (χ3n) is 6.48. The number of carbonyl (C=O) groups is 4. The Morgan fingerprint density at radius 3 is 2.74 bits per heavy atom. The van der Waals surface area contributed by atoms with Crippen molar-refractivity contribution in [2.45, 2.75) is 58.6 Å². The molecule has 1 aliphatic carbocycles. The van der Waals surface area contributed by atoms with Gasteiger partial charge in [-0.25, -0.2) is 19.6 Å². The van der Waals surface area contributed by atoms with Gasteiger partial charge in [0.15, 0.2) is 12.4 Å². The quantitative estimate of drug-likeness (QED) is 0.459. The third-order valence-corrected chi connectivity index (χ3v) is 7.64. The van der Waals surface area contributed by atoms with Crippen molar-refractivity contribution in [1.29, 1.82) is 0 Å². The Labute approximate surface area is 200 Å². The molecule has 2 atom stereocenters. The highest BCUT2D eigenvalue weighted by molar-refractivity contribution is 7.20. The molecule has 2 aromatic heterocycles. The van der Waals surface area contributed by atoms with Gasteiger partial charge in [-0.2, -0.15) is 0 Å². The summed E-state index contributed by atoms with van der Waals surface area (Å²) in [5.74, 6) is -1.32. The maximum Gasteiger partial charge on any atom is 0.348 e. The van der Waals surface area contributed by atoms with Gasteiger partial charge in [0, 0.05) is 0 Å². The first kappa shape index (κ1) is 23.9. The number of fused-ring (bicyclic) bond motifs is 1. The number of nitrogen functional groups attached to an aromatic ring is 1. The van der Waals surface area contributed by atoms with Gasteiger partial charge in [-0.3, -0.25) is 14.5 Å². The number of thiophene rings is 1. The molecule has 0 radical (unpaired) electrons. The Bertz CT molecular complexity index is 1180. The minimum Gasteiger partial charge on any atom is -0.462 e. The number of nitrogens with zero attached hydrogens (tertiary/aromatic N) is 3. The number of esters is 2. The number of anilines is 1. The number of rotatable bonds is 6. The minimum atomic E-state index is -0.939. The van der Waals surface area contributed by atoms with E-state index in [0.717, 1.165) is 35.5 Å². The standard InChI is InChI=1S/C22H27N5O6S/c1-4-32-19(29)16-12(3)15-17(23)24-13(25-18(15)34-16)10-33-14(28)9-27-20(30)22(26-21(27)31)8-6-5-7-11(22)2/h11H,4-10H2,1-3H3,(H,26,31)(H2,23,24,25). The summed E-state index contributed by atoms with van der Waals surface area (Å²) in [6.45, 7) is 4.85. The Morgan fingerprint density at radius 2 is 2.03 bits per heavy atom. The zero-order valence-corrected chi connectivity index (χ0v) is 20.1. The highest BCUT2D eigenvalue weighted by Crippen LogP contribution is 2.38. The number of amides is 3. The number of urea groups is 1. The SMILES string of the molecule is CCOC(=O)c1sc2nc(COC(=O)CN3C(=O)NC4(CCCCC4C)C3=O)nc(N)c2c1C. The molecule has 1 spiro atoms. The van der Waals surface area contributed by atoms with E-state index in [0.29, 0.717) is 27.1 Å². The lowest BCUT2D eigenvalue weighted by Crippen LogP contribution is -2.54. The van der Waals surface area contributed by atoms with E-state index in [1.807, 2.05) is 6.92 Å². The molecule has 2 aromatic rings. The Hall–Kier alpha value is -3.28. The van der Waals surface area contributed by atoms with Crippen LogP contribution in [0.3, 0.4) is 0 Å². The largest absolute Gasteiger partial charge is 0.462 e. The van der Waals surface area contributed by atoms with Crippen molar-refractivity contribution in [3.63, 3.8) is 0 Å². The van der Waals surface area contributed by atoms with Crippen LogP contribution in [0.4, 0.5) is 10.6 Å². The van der Waals surface area contributed by atoms with Gasteiger partial charge in [0.2, 0.25) is 0 Å². The van der Waals surface area contributed by atoms with E-state index in [-0.39, 0.29) is 36.7 Å². The fourth-order valence-corrected chi connectivity index (χ4v) is 5.73. The molecular weight excluding hydrogens is 462 g/mol. The number of hydrogen-bond acceptors (Lipinski definition) is 10. The van der Waals surface area contributed by atoms with Crippen LogP contribution < -0.4 is 11.1 Å². The topological polar surface area (TPSA) is 154 Å². The number of nitrogens with one attached hydrogen (secondary N) is 1. The van der Waals surface area contributed by atoms with E-state index in [2.05, 4.69) is 15.3 Å². The molecule has 2 fully saturated rings. The average Bonchev–Trinajstić information content (AvgIpc) is 3.24. The molecule has 182 valence electrons. The zero-order chi connectivity index (χ0) is 24.6. The lowest BCUT2D eigenvalue weighted by molar-refractivity contribution is -0.149. The van der Waals surface area contributed by atoms with Crippen LogP contribution in [0.2, 0.25) is 0 Å². The van der Waals surface area contributed by atoms with Crippen LogP contribution >= 0.6 is 11.3 Å². The van der Waals surface area contributed by atoms with Crippen molar-refractivity contribution >= 4 is 51.2 Å². The van der Waals surface area contributed by atoms with Crippen LogP contribution in [0, 0.1) is 12.8 Å². The molecule has 4 rings (SSSR count). The molecule has 3 amide bonds. The second-order valence-corrected chi connectivity index (χ2v) is 9.58. The van der Waals surface area contributed by atoms with Crippen LogP contribution in [0.1, 0.15) is 60.6 Å². The van der Waals surface area contributed by atoms with E-state index in [9.17, 15) is 19.2 Å². The monoisotopic (exact) mass is 489 g/mol. The number of ether oxygens (including phenoxy) is 2. The zero-order valence-electron chi connectivity index (χ0n) is 19.3. The van der Waals surface area contributed by atoms with Crippen LogP contribution in [-0.2, 0) is 25.7 Å². The summed E-state index contributed by atoms with van der Waals surface area (Å²) in [5.41, 5.74) is 5.76. The number of imide groups is 1. The number of carbonyl (C=O) groups excluding carboxylic acids is 4. The van der Waals surface area contributed by atoms with E-state index < -0.39 is 30.1 Å². The predicted molar refractivity (Wildman–Crippen MR) is 123 cm³/mol. The fraction of sp³-hybridized carbons (Fsp3) is 0.545. The number of aromatic nitrogens is 2. The van der Waals surface area contributed by atoms with Crippen molar-refractivity contribution in [1.82, 2.24) is 20.2 Å². The third kappa shape index (κ3) is 4.06. The molecule has 1 saturated carbocycles. The first-order chi connectivity index (χ1) is 16.2. The molecule has 0 bridgehead atoms. The minimum absolute atomic E-state index is 0.00410. The molecule has 3 heterocycles. The summed E-state index contributed by atoms with van der Waals surface area (Å²) >= 11 is 1.12. The molecule has 1 saturated heterocycles. The summed E-state index contributed by atoms with van der Waals surface area (Å²) in [7, 11) is 0. The van der Waals surface area contributed by atoms with Gasteiger partial charge in [-0.15, -0.1) is 11.3 Å². The summed E-state index contributed by atoms with van der Waals surface area (Å²) in [4.78, 5) is 60.4. The van der Waals surface area contributed by atoms with E-state index in [1.54, 1.807) is 13.8 Å². The smallest absolute Gasteiger partial charge is 0.348 e. The number of aryl methyl sites for hydroxylation is 1. The molecular formula is C22H27N5O6S. The summed E-state index contributed by atoms with van der Waals surface area (Å²) in [6.07, 6.45) is 3.25. The number of nitrogens with two attached hydrogens (primary N) is 1. The summed E-state index contributed by atoms with van der Waals surface area (Å²) in [5, 5.41) is 3.35. The highest BCUT2D eigenvalue weighted by atomic mass is 32.1. The van der Waals surface area contributed by atoms with Crippen molar-refractivity contribution < 1.29 is 28.7 Å². The van der Waals surface area contributed by atoms with Crippen LogP contribution in [-0.4, -0.2) is 57.4 Å². The second kappa shape index (κ2) is 9.16. The predicted octanol–water partition coefficient (Wildman–Crippen LogP) is 2.30. The molecule has 2 unspecified atom stereocenters. The van der Waals surface area contributed by atoms with Gasteiger partial charge < -0.3 is 20.5 Å². The van der Waals surface area contributed by atoms with Gasteiger partial charge >= 0.3 is 18.0 Å². The van der Waals surface area contributed by atoms with Gasteiger partial charge in [0.1, 0.15) is 27.6 Å².